The van der Waals surface area contributed by atoms with Gasteiger partial charge in [-0.05, 0) is 106 Å². The fourth-order valence-corrected chi connectivity index (χ4v) is 6.97. The number of rotatable bonds is 8. The highest BCUT2D eigenvalue weighted by Gasteiger charge is 2.30. The molecule has 0 spiro atoms. The van der Waals surface area contributed by atoms with Crippen LogP contribution in [0.15, 0.2) is 30.4 Å². The van der Waals surface area contributed by atoms with Gasteiger partial charge in [0.15, 0.2) is 0 Å². The molecule has 0 saturated heterocycles. The summed E-state index contributed by atoms with van der Waals surface area (Å²) in [5.41, 5.74) is 13.1. The third kappa shape index (κ3) is 7.42. The van der Waals surface area contributed by atoms with E-state index in [1.165, 1.54) is 89.9 Å². The molecule has 0 aliphatic heterocycles. The summed E-state index contributed by atoms with van der Waals surface area (Å²) >= 11 is 0. The van der Waals surface area contributed by atoms with Gasteiger partial charge in [-0.2, -0.15) is 0 Å². The number of hydrogen-bond donors (Lipinski definition) is 2. The van der Waals surface area contributed by atoms with Crippen LogP contribution in [0.5, 0.6) is 5.75 Å². The quantitative estimate of drug-likeness (QED) is 0.310. The number of hydrogen-bond acceptors (Lipinski definition) is 3. The van der Waals surface area contributed by atoms with Crippen LogP contribution in [0.2, 0.25) is 0 Å². The number of nitrogen functional groups attached to an aromatic ring is 2. The summed E-state index contributed by atoms with van der Waals surface area (Å²) in [5.74, 6) is 6.19. The minimum Gasteiger partial charge on any atom is -0.493 e. The highest BCUT2D eigenvalue weighted by Crippen LogP contribution is 2.42. The Balaban J connectivity index is 1.11. The topological polar surface area (TPSA) is 61.3 Å². The molecule has 0 radical (unpaired) electrons. The van der Waals surface area contributed by atoms with E-state index in [1.807, 2.05) is 12.1 Å². The molecule has 0 amide bonds. The minimum atomic E-state index is 0.653. The minimum absolute atomic E-state index is 0.653. The van der Waals surface area contributed by atoms with Crippen molar-refractivity contribution in [1.82, 2.24) is 0 Å². The van der Waals surface area contributed by atoms with Gasteiger partial charge in [0.2, 0.25) is 0 Å². The van der Waals surface area contributed by atoms with Crippen LogP contribution < -0.4 is 16.2 Å². The Morgan fingerprint density at radius 1 is 0.697 bits per heavy atom. The number of ether oxygens (including phenoxy) is 1. The van der Waals surface area contributed by atoms with Crippen molar-refractivity contribution in [3.8, 4) is 5.75 Å². The van der Waals surface area contributed by atoms with Gasteiger partial charge in [-0.1, -0.05) is 44.8 Å². The summed E-state index contributed by atoms with van der Waals surface area (Å²) in [5, 5.41) is 0. The molecular formula is C30H48N2O. The SMILES string of the molecule is CCCC1CCC(C2CCC(C=CC3CCC(COc4cc(N)cc(N)c4)CC3)CC2)CC1. The van der Waals surface area contributed by atoms with Crippen LogP contribution in [0.1, 0.15) is 96.8 Å². The maximum atomic E-state index is 6.00. The summed E-state index contributed by atoms with van der Waals surface area (Å²) in [6, 6.07) is 5.52. The fourth-order valence-electron chi connectivity index (χ4n) is 6.97. The third-order valence-corrected chi connectivity index (χ3v) is 9.06. The first kappa shape index (κ1) is 24.5. The Morgan fingerprint density at radius 2 is 1.18 bits per heavy atom. The summed E-state index contributed by atoms with van der Waals surface area (Å²) in [6.45, 7) is 3.13. The van der Waals surface area contributed by atoms with Gasteiger partial charge in [-0.15, -0.1) is 0 Å². The van der Waals surface area contributed by atoms with Gasteiger partial charge in [0.1, 0.15) is 5.75 Å². The highest BCUT2D eigenvalue weighted by molar-refractivity contribution is 5.56. The van der Waals surface area contributed by atoms with Crippen LogP contribution >= 0.6 is 0 Å². The smallest absolute Gasteiger partial charge is 0.123 e. The molecule has 3 aliphatic carbocycles. The van der Waals surface area contributed by atoms with Gasteiger partial charge >= 0.3 is 0 Å². The number of nitrogens with two attached hydrogens (primary N) is 2. The van der Waals surface area contributed by atoms with Gasteiger partial charge < -0.3 is 16.2 Å². The monoisotopic (exact) mass is 452 g/mol. The van der Waals surface area contributed by atoms with E-state index in [-0.39, 0.29) is 0 Å². The molecule has 33 heavy (non-hydrogen) atoms. The molecule has 3 heteroatoms. The zero-order chi connectivity index (χ0) is 23.0. The van der Waals surface area contributed by atoms with Crippen molar-refractivity contribution in [1.29, 1.82) is 0 Å². The Morgan fingerprint density at radius 3 is 1.73 bits per heavy atom. The number of anilines is 2. The molecule has 4 rings (SSSR count). The molecule has 0 bridgehead atoms. The van der Waals surface area contributed by atoms with Gasteiger partial charge in [-0.25, -0.2) is 0 Å². The first-order valence-corrected chi connectivity index (χ1v) is 14.1. The predicted octanol–water partition coefficient (Wildman–Crippen LogP) is 8.01. The average molecular weight is 453 g/mol. The summed E-state index contributed by atoms with van der Waals surface area (Å²) in [7, 11) is 0. The Hall–Kier alpha value is -1.64. The Bertz CT molecular complexity index is 715. The van der Waals surface area contributed by atoms with E-state index in [9.17, 15) is 0 Å². The first-order valence-electron chi connectivity index (χ1n) is 14.1. The molecule has 0 atom stereocenters. The lowest BCUT2D eigenvalue weighted by atomic mass is 9.68. The van der Waals surface area contributed by atoms with Gasteiger partial charge in [0.25, 0.3) is 0 Å². The molecule has 3 saturated carbocycles. The molecule has 1 aromatic rings. The van der Waals surface area contributed by atoms with E-state index < -0.39 is 0 Å². The summed E-state index contributed by atoms with van der Waals surface area (Å²) in [4.78, 5) is 0. The summed E-state index contributed by atoms with van der Waals surface area (Å²) in [6.07, 6.45) is 25.1. The third-order valence-electron chi connectivity index (χ3n) is 9.06. The first-order chi connectivity index (χ1) is 16.1. The van der Waals surface area contributed by atoms with E-state index in [0.29, 0.717) is 17.3 Å². The lowest BCUT2D eigenvalue weighted by Crippen LogP contribution is -2.25. The maximum absolute atomic E-state index is 6.00. The normalized spacial score (nSPS) is 33.2. The second kappa shape index (κ2) is 12.2. The van der Waals surface area contributed by atoms with Crippen LogP contribution in [-0.2, 0) is 0 Å². The van der Waals surface area contributed by atoms with Gasteiger partial charge in [0.05, 0.1) is 6.61 Å². The van der Waals surface area contributed by atoms with Crippen molar-refractivity contribution >= 4 is 11.4 Å². The molecule has 0 unspecified atom stereocenters. The van der Waals surface area contributed by atoms with Crippen LogP contribution in [0, 0.1) is 35.5 Å². The van der Waals surface area contributed by atoms with Crippen molar-refractivity contribution in [2.75, 3.05) is 18.1 Å². The molecular weight excluding hydrogens is 404 g/mol. The van der Waals surface area contributed by atoms with Crippen LogP contribution in [-0.4, -0.2) is 6.61 Å². The molecule has 0 heterocycles. The van der Waals surface area contributed by atoms with Crippen molar-refractivity contribution in [3.05, 3.63) is 30.4 Å². The second-order valence-corrected chi connectivity index (χ2v) is 11.6. The Kier molecular flexibility index (Phi) is 9.03. The van der Waals surface area contributed by atoms with Crippen LogP contribution in [0.3, 0.4) is 0 Å². The van der Waals surface area contributed by atoms with Crippen molar-refractivity contribution < 1.29 is 4.74 Å². The molecule has 0 aromatic heterocycles. The standard InChI is InChI=1S/C30H48N2O/c1-2-3-22-10-14-26(15-11-22)27-16-12-24(13-17-27)5-4-23-6-8-25(9-7-23)21-33-30-19-28(31)18-29(32)20-30/h4-5,18-20,22-27H,2-3,6-17,21,31-32H2,1H3. The lowest BCUT2D eigenvalue weighted by Gasteiger charge is -2.37. The summed E-state index contributed by atoms with van der Waals surface area (Å²) < 4.78 is 6.00. The molecule has 3 aliphatic rings. The van der Waals surface area contributed by atoms with E-state index in [4.69, 9.17) is 16.2 Å². The zero-order valence-electron chi connectivity index (χ0n) is 21.0. The molecule has 3 fully saturated rings. The predicted molar refractivity (Wildman–Crippen MR) is 141 cm³/mol. The molecule has 4 N–H and O–H groups in total. The molecule has 1 aromatic carbocycles. The van der Waals surface area contributed by atoms with Crippen molar-refractivity contribution in [2.45, 2.75) is 96.8 Å². The van der Waals surface area contributed by atoms with Gasteiger partial charge in [0, 0.05) is 23.5 Å². The molecule has 3 nitrogen and oxygen atoms in total. The Labute approximate surface area is 202 Å². The van der Waals surface area contributed by atoms with Crippen LogP contribution in [0.25, 0.3) is 0 Å². The van der Waals surface area contributed by atoms with E-state index in [2.05, 4.69) is 19.1 Å². The zero-order valence-corrected chi connectivity index (χ0v) is 21.0. The van der Waals surface area contributed by atoms with Gasteiger partial charge in [-0.3, -0.25) is 0 Å². The van der Waals surface area contributed by atoms with E-state index >= 15 is 0 Å². The molecule has 184 valence electrons. The van der Waals surface area contributed by atoms with E-state index in [0.717, 1.165) is 41.9 Å². The van der Waals surface area contributed by atoms with Crippen molar-refractivity contribution in [3.63, 3.8) is 0 Å². The second-order valence-electron chi connectivity index (χ2n) is 11.6. The fraction of sp³-hybridized carbons (Fsp3) is 0.733. The lowest BCUT2D eigenvalue weighted by molar-refractivity contribution is 0.152. The van der Waals surface area contributed by atoms with E-state index in [1.54, 1.807) is 6.07 Å². The van der Waals surface area contributed by atoms with Crippen molar-refractivity contribution in [2.24, 2.45) is 35.5 Å². The number of allylic oxidation sites excluding steroid dienone is 2. The number of benzene rings is 1. The van der Waals surface area contributed by atoms with Crippen LogP contribution in [0.4, 0.5) is 11.4 Å². The maximum Gasteiger partial charge on any atom is 0.123 e. The highest BCUT2D eigenvalue weighted by atomic mass is 16.5. The average Bonchev–Trinajstić information content (AvgIpc) is 2.83. The largest absolute Gasteiger partial charge is 0.493 e.